The number of nitrogens with zero attached hydrogens (tertiary/aromatic N) is 1. The van der Waals surface area contributed by atoms with Gasteiger partial charge in [0.25, 0.3) is 0 Å². The lowest BCUT2D eigenvalue weighted by Crippen LogP contribution is -2.15. The number of aromatic nitrogens is 1. The molecule has 0 radical (unpaired) electrons. The van der Waals surface area contributed by atoms with Crippen LogP contribution in [0.4, 0.5) is 0 Å². The Morgan fingerprint density at radius 3 is 1.39 bits per heavy atom. The quantitative estimate of drug-likeness (QED) is 0.157. The van der Waals surface area contributed by atoms with Gasteiger partial charge in [-0.1, -0.05) is 190 Å². The fraction of sp³-hybridized carbons (Fsp3) is 0.0545. The molecule has 1 aliphatic rings. The van der Waals surface area contributed by atoms with Crippen LogP contribution in [-0.4, -0.2) is 4.57 Å². The van der Waals surface area contributed by atoms with Gasteiger partial charge in [0.15, 0.2) is 0 Å². The van der Waals surface area contributed by atoms with E-state index in [4.69, 9.17) is 0 Å². The van der Waals surface area contributed by atoms with E-state index in [1.807, 2.05) is 0 Å². The van der Waals surface area contributed by atoms with E-state index < -0.39 is 0 Å². The maximum Gasteiger partial charge on any atom is 0.0619 e. The van der Waals surface area contributed by atoms with Crippen LogP contribution in [0.25, 0.3) is 93.9 Å². The second-order valence-corrected chi connectivity index (χ2v) is 15.6. The second kappa shape index (κ2) is 12.5. The zero-order chi connectivity index (χ0) is 37.4. The predicted molar refractivity (Wildman–Crippen MR) is 238 cm³/mol. The van der Waals surface area contributed by atoms with Crippen LogP contribution >= 0.6 is 0 Å². The fourth-order valence-corrected chi connectivity index (χ4v) is 9.65. The van der Waals surface area contributed by atoms with E-state index in [9.17, 15) is 0 Å². The molecule has 0 fully saturated rings. The molecule has 1 aliphatic carbocycles. The smallest absolute Gasteiger partial charge is 0.0619 e. The largest absolute Gasteiger partial charge is 0.309 e. The van der Waals surface area contributed by atoms with Crippen LogP contribution in [0.5, 0.6) is 0 Å². The summed E-state index contributed by atoms with van der Waals surface area (Å²) in [5.74, 6) is 0. The molecule has 0 atom stereocenters. The molecule has 1 heterocycles. The lowest BCUT2D eigenvalue weighted by atomic mass is 9.82. The normalized spacial score (nSPS) is 13.0. The third-order valence-electron chi connectivity index (χ3n) is 12.2. The van der Waals surface area contributed by atoms with E-state index in [2.05, 4.69) is 219 Å². The van der Waals surface area contributed by atoms with Crippen LogP contribution in [0.15, 0.2) is 200 Å². The number of hydrogen-bond donors (Lipinski definition) is 0. The Morgan fingerprint density at radius 1 is 0.339 bits per heavy atom. The summed E-state index contributed by atoms with van der Waals surface area (Å²) in [5.41, 5.74) is 17.4. The average Bonchev–Trinajstić information content (AvgIpc) is 3.71. The van der Waals surface area contributed by atoms with Gasteiger partial charge in [0, 0.05) is 22.1 Å². The van der Waals surface area contributed by atoms with Crippen molar-refractivity contribution >= 4 is 32.4 Å². The van der Waals surface area contributed by atoms with Crippen LogP contribution < -0.4 is 0 Å². The van der Waals surface area contributed by atoms with Crippen LogP contribution in [0.3, 0.4) is 0 Å². The van der Waals surface area contributed by atoms with E-state index in [0.29, 0.717) is 0 Å². The lowest BCUT2D eigenvalue weighted by molar-refractivity contribution is 0.660. The van der Waals surface area contributed by atoms with E-state index in [1.54, 1.807) is 0 Å². The van der Waals surface area contributed by atoms with E-state index in [1.165, 1.54) is 105 Å². The molecule has 10 aromatic rings. The second-order valence-electron chi connectivity index (χ2n) is 15.6. The summed E-state index contributed by atoms with van der Waals surface area (Å²) < 4.78 is 2.55. The summed E-state index contributed by atoms with van der Waals surface area (Å²) in [4.78, 5) is 0. The lowest BCUT2D eigenvalue weighted by Gasteiger charge is -2.23. The molecule has 56 heavy (non-hydrogen) atoms. The van der Waals surface area contributed by atoms with E-state index >= 15 is 0 Å². The molecule has 1 nitrogen and oxygen atoms in total. The number of hydrogen-bond acceptors (Lipinski definition) is 0. The fourth-order valence-electron chi connectivity index (χ4n) is 9.65. The van der Waals surface area contributed by atoms with Crippen LogP contribution in [-0.2, 0) is 5.41 Å². The maximum absolute atomic E-state index is 2.55. The molecule has 0 saturated heterocycles. The Hall–Kier alpha value is -6.96. The predicted octanol–water partition coefficient (Wildman–Crippen LogP) is 14.9. The number of rotatable bonds is 5. The Labute approximate surface area is 327 Å². The summed E-state index contributed by atoms with van der Waals surface area (Å²) in [5, 5.41) is 6.24. The summed E-state index contributed by atoms with van der Waals surface area (Å²) in [6, 6.07) is 73.9. The Balaban J connectivity index is 1.35. The van der Waals surface area contributed by atoms with Gasteiger partial charge in [-0.2, -0.15) is 0 Å². The van der Waals surface area contributed by atoms with Crippen molar-refractivity contribution in [3.8, 4) is 61.5 Å². The van der Waals surface area contributed by atoms with Gasteiger partial charge < -0.3 is 4.57 Å². The molecule has 0 spiro atoms. The van der Waals surface area contributed by atoms with Gasteiger partial charge in [-0.05, 0) is 101 Å². The third kappa shape index (κ3) is 4.81. The van der Waals surface area contributed by atoms with Gasteiger partial charge in [0.2, 0.25) is 0 Å². The first-order chi connectivity index (χ1) is 27.6. The van der Waals surface area contributed by atoms with Crippen molar-refractivity contribution in [2.75, 3.05) is 0 Å². The topological polar surface area (TPSA) is 4.93 Å². The summed E-state index contributed by atoms with van der Waals surface area (Å²) >= 11 is 0. The standard InChI is InChI=1S/C55H39N/c1-55(2)48-30-18-17-27-41(48)42-32-31-40(33-49(42)55)56-50-35-46-45(34-47(50)53(38-23-11-5-12-24-38)54(56)39-25-13-6-14-26-39)51(36-19-7-3-8-20-36)43-28-15-16-29-44(43)52(46)37-21-9-4-10-22-37/h3-35H,1-2H3. The minimum atomic E-state index is -0.128. The Kier molecular flexibility index (Phi) is 7.28. The van der Waals surface area contributed by atoms with Crippen molar-refractivity contribution in [3.63, 3.8) is 0 Å². The molecule has 1 aromatic heterocycles. The van der Waals surface area contributed by atoms with Crippen LogP contribution in [0.2, 0.25) is 0 Å². The highest BCUT2D eigenvalue weighted by Crippen LogP contribution is 2.52. The van der Waals surface area contributed by atoms with Crippen LogP contribution in [0.1, 0.15) is 25.0 Å². The van der Waals surface area contributed by atoms with Crippen molar-refractivity contribution in [3.05, 3.63) is 211 Å². The molecular formula is C55H39N. The molecule has 1 heteroatoms. The molecule has 11 rings (SSSR count). The third-order valence-corrected chi connectivity index (χ3v) is 12.2. The van der Waals surface area contributed by atoms with Gasteiger partial charge in [-0.15, -0.1) is 0 Å². The van der Waals surface area contributed by atoms with Gasteiger partial charge in [0.1, 0.15) is 0 Å². The maximum atomic E-state index is 2.55. The van der Waals surface area contributed by atoms with Crippen molar-refractivity contribution in [2.24, 2.45) is 0 Å². The van der Waals surface area contributed by atoms with Crippen molar-refractivity contribution in [2.45, 2.75) is 19.3 Å². The minimum absolute atomic E-state index is 0.128. The molecule has 0 unspecified atom stereocenters. The zero-order valence-corrected chi connectivity index (χ0v) is 31.5. The van der Waals surface area contributed by atoms with Crippen molar-refractivity contribution in [1.29, 1.82) is 0 Å². The van der Waals surface area contributed by atoms with Crippen LogP contribution in [0, 0.1) is 0 Å². The SMILES string of the molecule is CC1(C)c2ccccc2-c2ccc(-n3c(-c4ccccc4)c(-c4ccccc4)c4cc5c(-c6ccccc6)c6ccccc6c(-c6ccccc6)c5cc43)cc21. The Morgan fingerprint density at radius 2 is 0.804 bits per heavy atom. The highest BCUT2D eigenvalue weighted by molar-refractivity contribution is 6.25. The van der Waals surface area contributed by atoms with Gasteiger partial charge in [-0.25, -0.2) is 0 Å². The van der Waals surface area contributed by atoms with Gasteiger partial charge >= 0.3 is 0 Å². The van der Waals surface area contributed by atoms with E-state index in [-0.39, 0.29) is 5.41 Å². The minimum Gasteiger partial charge on any atom is -0.309 e. The first kappa shape index (κ1) is 32.5. The van der Waals surface area contributed by atoms with Gasteiger partial charge in [-0.3, -0.25) is 0 Å². The zero-order valence-electron chi connectivity index (χ0n) is 31.5. The number of benzene rings is 9. The van der Waals surface area contributed by atoms with E-state index in [0.717, 1.165) is 0 Å². The van der Waals surface area contributed by atoms with Crippen molar-refractivity contribution in [1.82, 2.24) is 4.57 Å². The van der Waals surface area contributed by atoms with Crippen molar-refractivity contribution < 1.29 is 0 Å². The molecule has 9 aromatic carbocycles. The average molecular weight is 714 g/mol. The molecule has 264 valence electrons. The molecule has 0 amide bonds. The Bertz CT molecular complexity index is 3120. The molecule has 0 aliphatic heterocycles. The molecule has 0 saturated carbocycles. The molecular weight excluding hydrogens is 675 g/mol. The first-order valence-corrected chi connectivity index (χ1v) is 19.6. The summed E-state index contributed by atoms with van der Waals surface area (Å²) in [7, 11) is 0. The first-order valence-electron chi connectivity index (χ1n) is 19.6. The summed E-state index contributed by atoms with van der Waals surface area (Å²) in [6.07, 6.45) is 0. The monoisotopic (exact) mass is 713 g/mol. The highest BCUT2D eigenvalue weighted by Gasteiger charge is 2.36. The summed E-state index contributed by atoms with van der Waals surface area (Å²) in [6.45, 7) is 4.75. The highest BCUT2D eigenvalue weighted by atomic mass is 15.0. The number of fused-ring (bicyclic) bond motifs is 6. The molecule has 0 bridgehead atoms. The molecule has 0 N–H and O–H groups in total. The van der Waals surface area contributed by atoms with Gasteiger partial charge in [0.05, 0.1) is 11.2 Å².